The Balaban J connectivity index is 1.54. The van der Waals surface area contributed by atoms with Crippen molar-refractivity contribution >= 4 is 39.1 Å². The molecule has 1 atom stereocenters. The lowest BCUT2D eigenvalue weighted by atomic mass is 9.72. The predicted molar refractivity (Wildman–Crippen MR) is 152 cm³/mol. The first-order valence-corrected chi connectivity index (χ1v) is 13.7. The van der Waals surface area contributed by atoms with Crippen LogP contribution in [0, 0.1) is 11.3 Å². The summed E-state index contributed by atoms with van der Waals surface area (Å²) in [6, 6.07) is 17.8. The smallest absolute Gasteiger partial charge is 0.257 e. The number of benzene rings is 2. The van der Waals surface area contributed by atoms with Crippen LogP contribution in [-0.2, 0) is 19.3 Å². The van der Waals surface area contributed by atoms with E-state index in [4.69, 9.17) is 10.7 Å². The van der Waals surface area contributed by atoms with Gasteiger partial charge in [0.1, 0.15) is 5.00 Å². The number of primary amides is 1. The van der Waals surface area contributed by atoms with Crippen LogP contribution >= 0.6 is 11.3 Å². The Morgan fingerprint density at radius 3 is 2.51 bits per heavy atom. The standard InChI is InChI=1S/C31H33N3O2S/c1-5-18-10-12-19(13-11-18)25-17-23(21-8-6-7-9-24(21)33-25)29(36)34-30-27(28(32)35)22-15-14-20(31(2,3)4)16-26(22)37-30/h6-13,17,20H,5,14-16H2,1-4H3,(H2,32,35)(H,34,36). The number of aromatic nitrogens is 1. The van der Waals surface area contributed by atoms with Crippen LogP contribution in [0.3, 0.4) is 0 Å². The molecule has 1 aliphatic carbocycles. The molecule has 2 aromatic carbocycles. The first kappa shape index (κ1) is 25.2. The highest BCUT2D eigenvalue weighted by molar-refractivity contribution is 7.17. The summed E-state index contributed by atoms with van der Waals surface area (Å²) in [5, 5.41) is 4.37. The normalized spacial score (nSPS) is 15.4. The molecule has 5 rings (SSSR count). The van der Waals surface area contributed by atoms with Gasteiger partial charge in [0.05, 0.1) is 22.3 Å². The van der Waals surface area contributed by atoms with Crippen molar-refractivity contribution in [1.29, 1.82) is 0 Å². The molecule has 0 radical (unpaired) electrons. The van der Waals surface area contributed by atoms with Crippen molar-refractivity contribution in [2.24, 2.45) is 17.1 Å². The molecule has 37 heavy (non-hydrogen) atoms. The van der Waals surface area contributed by atoms with E-state index in [9.17, 15) is 9.59 Å². The summed E-state index contributed by atoms with van der Waals surface area (Å²) in [6.07, 6.45) is 3.67. The third-order valence-electron chi connectivity index (χ3n) is 7.58. The molecule has 1 unspecified atom stereocenters. The molecule has 2 heterocycles. The predicted octanol–water partition coefficient (Wildman–Crippen LogP) is 7.03. The molecule has 0 saturated heterocycles. The summed E-state index contributed by atoms with van der Waals surface area (Å²) in [6.45, 7) is 8.90. The molecule has 6 heteroatoms. The van der Waals surface area contributed by atoms with Gasteiger partial charge >= 0.3 is 0 Å². The number of rotatable bonds is 5. The Labute approximate surface area is 222 Å². The first-order valence-electron chi connectivity index (χ1n) is 12.9. The second-order valence-electron chi connectivity index (χ2n) is 11.0. The maximum atomic E-state index is 13.7. The van der Waals surface area contributed by atoms with E-state index in [1.807, 2.05) is 42.5 Å². The van der Waals surface area contributed by atoms with Gasteiger partial charge in [0, 0.05) is 15.8 Å². The van der Waals surface area contributed by atoms with Crippen molar-refractivity contribution in [3.8, 4) is 11.3 Å². The number of carbonyl (C=O) groups excluding carboxylic acids is 2. The molecule has 0 aliphatic heterocycles. The molecule has 190 valence electrons. The zero-order valence-corrected chi connectivity index (χ0v) is 22.7. The van der Waals surface area contributed by atoms with Gasteiger partial charge in [0.2, 0.25) is 0 Å². The fraction of sp³-hybridized carbons (Fsp3) is 0.323. The summed E-state index contributed by atoms with van der Waals surface area (Å²) >= 11 is 1.49. The topological polar surface area (TPSA) is 85.1 Å². The van der Waals surface area contributed by atoms with Gasteiger partial charge in [-0.05, 0) is 60.3 Å². The Morgan fingerprint density at radius 2 is 1.84 bits per heavy atom. The SMILES string of the molecule is CCc1ccc(-c2cc(C(=O)Nc3sc4c(c3C(N)=O)CCC(C(C)(C)C)C4)c3ccccc3n2)cc1. The minimum atomic E-state index is -0.488. The Morgan fingerprint density at radius 1 is 1.11 bits per heavy atom. The van der Waals surface area contributed by atoms with Gasteiger partial charge in [-0.25, -0.2) is 4.98 Å². The lowest BCUT2D eigenvalue weighted by molar-refractivity contribution is 0.1000. The van der Waals surface area contributed by atoms with Crippen LogP contribution in [0.25, 0.3) is 22.2 Å². The Hall–Kier alpha value is -3.51. The molecular weight excluding hydrogens is 478 g/mol. The van der Waals surface area contributed by atoms with Gasteiger partial charge in [0.15, 0.2) is 0 Å². The summed E-state index contributed by atoms with van der Waals surface area (Å²) in [5.74, 6) is -0.231. The van der Waals surface area contributed by atoms with Crippen molar-refractivity contribution in [1.82, 2.24) is 4.98 Å². The number of aryl methyl sites for hydroxylation is 1. The lowest BCUT2D eigenvalue weighted by Crippen LogP contribution is -2.27. The van der Waals surface area contributed by atoms with Gasteiger partial charge in [0.25, 0.3) is 11.8 Å². The number of hydrogen-bond acceptors (Lipinski definition) is 4. The van der Waals surface area contributed by atoms with E-state index in [0.29, 0.717) is 22.0 Å². The van der Waals surface area contributed by atoms with Crippen LogP contribution in [0.15, 0.2) is 54.6 Å². The van der Waals surface area contributed by atoms with E-state index in [2.05, 4.69) is 45.1 Å². The van der Waals surface area contributed by atoms with Gasteiger partial charge in [-0.1, -0.05) is 70.2 Å². The first-order chi connectivity index (χ1) is 17.7. The van der Waals surface area contributed by atoms with E-state index in [-0.39, 0.29) is 11.3 Å². The average molecular weight is 512 g/mol. The van der Waals surface area contributed by atoms with E-state index >= 15 is 0 Å². The fourth-order valence-electron chi connectivity index (χ4n) is 5.27. The molecule has 3 N–H and O–H groups in total. The summed E-state index contributed by atoms with van der Waals surface area (Å²) in [4.78, 5) is 32.3. The largest absolute Gasteiger partial charge is 0.365 e. The highest BCUT2D eigenvalue weighted by Crippen LogP contribution is 2.44. The van der Waals surface area contributed by atoms with Crippen LogP contribution in [0.4, 0.5) is 5.00 Å². The van der Waals surface area contributed by atoms with Gasteiger partial charge < -0.3 is 11.1 Å². The number of para-hydroxylation sites is 1. The molecule has 0 fully saturated rings. The number of nitrogens with two attached hydrogens (primary N) is 1. The number of anilines is 1. The second kappa shape index (κ2) is 9.75. The summed E-state index contributed by atoms with van der Waals surface area (Å²) in [5.41, 5.74) is 11.7. The number of amides is 2. The van der Waals surface area contributed by atoms with Crippen molar-refractivity contribution in [2.45, 2.75) is 53.4 Å². The molecule has 4 aromatic rings. The maximum absolute atomic E-state index is 13.7. The second-order valence-corrected chi connectivity index (χ2v) is 12.1. The van der Waals surface area contributed by atoms with Gasteiger partial charge in [-0.3, -0.25) is 9.59 Å². The van der Waals surface area contributed by atoms with Crippen molar-refractivity contribution < 1.29 is 9.59 Å². The quantitative estimate of drug-likeness (QED) is 0.302. The van der Waals surface area contributed by atoms with Crippen LogP contribution < -0.4 is 11.1 Å². The zero-order chi connectivity index (χ0) is 26.3. The van der Waals surface area contributed by atoms with Crippen LogP contribution in [0.2, 0.25) is 0 Å². The minimum Gasteiger partial charge on any atom is -0.365 e. The summed E-state index contributed by atoms with van der Waals surface area (Å²) < 4.78 is 0. The third-order valence-corrected chi connectivity index (χ3v) is 8.75. The van der Waals surface area contributed by atoms with Crippen molar-refractivity contribution in [3.05, 3.63) is 81.7 Å². The van der Waals surface area contributed by atoms with Crippen molar-refractivity contribution in [3.63, 3.8) is 0 Å². The molecule has 0 saturated carbocycles. The van der Waals surface area contributed by atoms with E-state index in [1.165, 1.54) is 16.9 Å². The van der Waals surface area contributed by atoms with Crippen LogP contribution in [0.1, 0.15) is 70.8 Å². The molecule has 0 bridgehead atoms. The average Bonchev–Trinajstić information content (AvgIpc) is 3.24. The van der Waals surface area contributed by atoms with Crippen molar-refractivity contribution in [2.75, 3.05) is 5.32 Å². The van der Waals surface area contributed by atoms with Gasteiger partial charge in [-0.2, -0.15) is 0 Å². The van der Waals surface area contributed by atoms with Crippen LogP contribution in [-0.4, -0.2) is 16.8 Å². The monoisotopic (exact) mass is 511 g/mol. The number of carbonyl (C=O) groups is 2. The zero-order valence-electron chi connectivity index (χ0n) is 21.9. The minimum absolute atomic E-state index is 0.180. The molecule has 2 amide bonds. The maximum Gasteiger partial charge on any atom is 0.257 e. The number of pyridine rings is 1. The Kier molecular flexibility index (Phi) is 6.63. The Bertz CT molecular complexity index is 1500. The number of fused-ring (bicyclic) bond motifs is 2. The van der Waals surface area contributed by atoms with E-state index in [0.717, 1.165) is 58.3 Å². The fourth-order valence-corrected chi connectivity index (χ4v) is 6.59. The number of nitrogens with zero attached hydrogens (tertiary/aromatic N) is 1. The highest BCUT2D eigenvalue weighted by Gasteiger charge is 2.33. The number of hydrogen-bond donors (Lipinski definition) is 2. The highest BCUT2D eigenvalue weighted by atomic mass is 32.1. The molecule has 1 aliphatic rings. The third kappa shape index (κ3) is 4.90. The van der Waals surface area contributed by atoms with E-state index in [1.54, 1.807) is 0 Å². The number of thiophene rings is 1. The molecule has 0 spiro atoms. The molecule has 5 nitrogen and oxygen atoms in total. The van der Waals surface area contributed by atoms with E-state index < -0.39 is 5.91 Å². The van der Waals surface area contributed by atoms with Crippen LogP contribution in [0.5, 0.6) is 0 Å². The summed E-state index contributed by atoms with van der Waals surface area (Å²) in [7, 11) is 0. The lowest BCUT2D eigenvalue weighted by Gasteiger charge is -2.33. The molecule has 2 aromatic heterocycles. The van der Waals surface area contributed by atoms with Gasteiger partial charge in [-0.15, -0.1) is 11.3 Å². The number of nitrogens with one attached hydrogen (secondary N) is 1. The molecular formula is C31H33N3O2S.